The van der Waals surface area contributed by atoms with Crippen molar-refractivity contribution in [3.05, 3.63) is 0 Å². The molecule has 0 aliphatic heterocycles. The molecule has 0 bridgehead atoms. The summed E-state index contributed by atoms with van der Waals surface area (Å²) in [5.74, 6) is 0.374. The molecule has 0 saturated heterocycles. The van der Waals surface area contributed by atoms with E-state index in [9.17, 15) is 4.46 Å². The van der Waals surface area contributed by atoms with Crippen molar-refractivity contribution in [3.63, 3.8) is 0 Å². The van der Waals surface area contributed by atoms with E-state index in [-0.39, 0.29) is 0 Å². The summed E-state index contributed by atoms with van der Waals surface area (Å²) >= 11 is 0. The molecular weight excluding hydrogens is 196 g/mol. The highest BCUT2D eigenvalue weighted by molar-refractivity contribution is 6.24. The minimum atomic E-state index is -2.83. The van der Waals surface area contributed by atoms with Crippen molar-refractivity contribution < 1.29 is 13.7 Å². The Labute approximate surface area is 88.4 Å². The van der Waals surface area contributed by atoms with Crippen molar-refractivity contribution in [2.45, 2.75) is 59.0 Å². The molecule has 1 N–H and O–H groups in total. The topological polar surface area (TPSA) is 46.5 Å². The van der Waals surface area contributed by atoms with E-state index >= 15 is 0 Å². The zero-order chi connectivity index (χ0) is 11.2. The third-order valence-electron chi connectivity index (χ3n) is 3.22. The predicted molar refractivity (Wildman–Crippen MR) is 57.1 cm³/mol. The highest BCUT2D eigenvalue weighted by Crippen LogP contribution is 2.33. The standard InChI is InChI=1S/C10H22O3Si/c1-5-9(6-2)10(7-3,8-4)13-14(11)12/h9,11H,5-8H2,1-4H3. The average Bonchev–Trinajstić information content (AvgIpc) is 2.17. The van der Waals surface area contributed by atoms with Crippen LogP contribution in [0.1, 0.15) is 53.4 Å². The molecule has 0 aliphatic carbocycles. The van der Waals surface area contributed by atoms with E-state index in [1.54, 1.807) is 0 Å². The summed E-state index contributed by atoms with van der Waals surface area (Å²) in [6.45, 7) is 8.25. The second-order valence-electron chi connectivity index (χ2n) is 3.65. The zero-order valence-electron chi connectivity index (χ0n) is 9.67. The summed E-state index contributed by atoms with van der Waals surface area (Å²) in [4.78, 5) is 8.91. The Kier molecular flexibility index (Phi) is 6.00. The van der Waals surface area contributed by atoms with Crippen LogP contribution in [-0.4, -0.2) is 19.6 Å². The SMILES string of the molecule is CCC(CC)C(CC)(CC)O[Si](=O)O. The maximum absolute atomic E-state index is 10.8. The van der Waals surface area contributed by atoms with Gasteiger partial charge in [-0.25, -0.2) is 0 Å². The van der Waals surface area contributed by atoms with Crippen molar-refractivity contribution in [2.24, 2.45) is 5.92 Å². The smallest absolute Gasteiger partial charge is 0.511 e. The summed E-state index contributed by atoms with van der Waals surface area (Å²) in [7, 11) is -2.83. The first-order valence-electron chi connectivity index (χ1n) is 5.48. The van der Waals surface area contributed by atoms with Gasteiger partial charge in [-0.15, -0.1) is 0 Å². The Balaban J connectivity index is 4.73. The van der Waals surface area contributed by atoms with Crippen molar-refractivity contribution in [3.8, 4) is 0 Å². The molecule has 0 aromatic rings. The maximum atomic E-state index is 10.8. The van der Waals surface area contributed by atoms with E-state index in [1.165, 1.54) is 0 Å². The first kappa shape index (κ1) is 13.6. The molecule has 0 aromatic carbocycles. The molecule has 4 heteroatoms. The predicted octanol–water partition coefficient (Wildman–Crippen LogP) is 2.41. The summed E-state index contributed by atoms with van der Waals surface area (Å²) in [6.07, 6.45) is 3.58. The van der Waals surface area contributed by atoms with Gasteiger partial charge in [0.1, 0.15) is 0 Å². The van der Waals surface area contributed by atoms with Crippen LogP contribution in [0.4, 0.5) is 0 Å². The van der Waals surface area contributed by atoms with Crippen molar-refractivity contribution in [1.29, 1.82) is 0 Å². The molecule has 0 amide bonds. The molecule has 0 spiro atoms. The fraction of sp³-hybridized carbons (Fsp3) is 1.00. The lowest BCUT2D eigenvalue weighted by atomic mass is 9.80. The first-order valence-corrected chi connectivity index (χ1v) is 6.74. The van der Waals surface area contributed by atoms with Gasteiger partial charge >= 0.3 is 9.17 Å². The molecule has 3 nitrogen and oxygen atoms in total. The van der Waals surface area contributed by atoms with E-state index < -0.39 is 14.8 Å². The van der Waals surface area contributed by atoms with Crippen LogP contribution in [0, 0.1) is 5.92 Å². The lowest BCUT2D eigenvalue weighted by molar-refractivity contribution is -0.0264. The fourth-order valence-corrected chi connectivity index (χ4v) is 3.06. The summed E-state index contributed by atoms with van der Waals surface area (Å²) in [5, 5.41) is 0. The molecule has 0 fully saturated rings. The lowest BCUT2D eigenvalue weighted by Crippen LogP contribution is -2.42. The molecule has 0 atom stereocenters. The third kappa shape index (κ3) is 3.08. The number of rotatable bonds is 7. The average molecular weight is 218 g/mol. The highest BCUT2D eigenvalue weighted by atomic mass is 28.3. The zero-order valence-corrected chi connectivity index (χ0v) is 10.7. The Morgan fingerprint density at radius 3 is 1.86 bits per heavy atom. The monoisotopic (exact) mass is 218 g/mol. The second-order valence-corrected chi connectivity index (χ2v) is 4.39. The largest absolute Gasteiger partial charge is 0.765 e. The second kappa shape index (κ2) is 6.17. The highest BCUT2D eigenvalue weighted by Gasteiger charge is 2.37. The summed E-state index contributed by atoms with van der Waals surface area (Å²) in [5.41, 5.74) is -0.395. The maximum Gasteiger partial charge on any atom is 0.765 e. The van der Waals surface area contributed by atoms with Gasteiger partial charge in [0.15, 0.2) is 0 Å². The van der Waals surface area contributed by atoms with E-state index in [1.807, 2.05) is 13.8 Å². The molecular formula is C10H22O3Si. The molecule has 0 aromatic heterocycles. The van der Waals surface area contributed by atoms with Gasteiger partial charge in [-0.2, -0.15) is 0 Å². The van der Waals surface area contributed by atoms with E-state index in [0.717, 1.165) is 25.7 Å². The van der Waals surface area contributed by atoms with Gasteiger partial charge in [-0.3, -0.25) is 4.46 Å². The molecule has 84 valence electrons. The molecule has 0 saturated carbocycles. The Morgan fingerprint density at radius 2 is 1.64 bits per heavy atom. The summed E-state index contributed by atoms with van der Waals surface area (Å²) in [6, 6.07) is 0. The van der Waals surface area contributed by atoms with Crippen molar-refractivity contribution in [2.75, 3.05) is 0 Å². The van der Waals surface area contributed by atoms with Gasteiger partial charge in [0, 0.05) is 0 Å². The first-order chi connectivity index (χ1) is 6.56. The number of hydrogen-bond donors (Lipinski definition) is 1. The van der Waals surface area contributed by atoms with E-state index in [0.29, 0.717) is 5.92 Å². The minimum Gasteiger partial charge on any atom is -0.511 e. The van der Waals surface area contributed by atoms with Gasteiger partial charge in [-0.1, -0.05) is 27.7 Å². The van der Waals surface area contributed by atoms with Crippen LogP contribution in [-0.2, 0) is 8.89 Å². The molecule has 14 heavy (non-hydrogen) atoms. The fourth-order valence-electron chi connectivity index (χ4n) is 2.26. The van der Waals surface area contributed by atoms with Crippen LogP contribution in [0.5, 0.6) is 0 Å². The molecule has 0 radical (unpaired) electrons. The van der Waals surface area contributed by atoms with Gasteiger partial charge in [0.25, 0.3) is 0 Å². The molecule has 0 unspecified atom stereocenters. The summed E-state index contributed by atoms with van der Waals surface area (Å²) < 4.78 is 16.1. The quantitative estimate of drug-likeness (QED) is 0.667. The van der Waals surface area contributed by atoms with E-state index in [4.69, 9.17) is 9.22 Å². The third-order valence-corrected chi connectivity index (χ3v) is 3.80. The Bertz CT molecular complexity index is 174. The molecule has 0 aliphatic rings. The van der Waals surface area contributed by atoms with Gasteiger partial charge in [-0.05, 0) is 31.6 Å². The lowest BCUT2D eigenvalue weighted by Gasteiger charge is -2.38. The van der Waals surface area contributed by atoms with Gasteiger partial charge in [0.2, 0.25) is 0 Å². The van der Waals surface area contributed by atoms with Gasteiger partial charge < -0.3 is 9.22 Å². The van der Waals surface area contributed by atoms with Crippen molar-refractivity contribution >= 4 is 9.17 Å². The van der Waals surface area contributed by atoms with Crippen LogP contribution in [0.2, 0.25) is 0 Å². The van der Waals surface area contributed by atoms with Crippen LogP contribution in [0.25, 0.3) is 0 Å². The minimum absolute atomic E-state index is 0.374. The number of hydrogen-bond acceptors (Lipinski definition) is 2. The van der Waals surface area contributed by atoms with Crippen LogP contribution >= 0.6 is 0 Å². The molecule has 0 rings (SSSR count). The molecule has 0 heterocycles. The van der Waals surface area contributed by atoms with Gasteiger partial charge in [0.05, 0.1) is 5.60 Å². The normalized spacial score (nSPS) is 11.8. The van der Waals surface area contributed by atoms with Crippen LogP contribution < -0.4 is 0 Å². The van der Waals surface area contributed by atoms with Crippen molar-refractivity contribution in [1.82, 2.24) is 0 Å². The van der Waals surface area contributed by atoms with E-state index in [2.05, 4.69) is 13.8 Å². The Hall–Kier alpha value is -0.383. The Morgan fingerprint density at radius 1 is 1.21 bits per heavy atom. The van der Waals surface area contributed by atoms with Crippen LogP contribution in [0.15, 0.2) is 0 Å². The van der Waals surface area contributed by atoms with Crippen LogP contribution in [0.3, 0.4) is 0 Å².